The largest absolute Gasteiger partial charge is 0.385 e. The van der Waals surface area contributed by atoms with Crippen molar-refractivity contribution in [1.29, 1.82) is 0 Å². The summed E-state index contributed by atoms with van der Waals surface area (Å²) in [4.78, 5) is 26.6. The summed E-state index contributed by atoms with van der Waals surface area (Å²) in [7, 11) is -2.05. The van der Waals surface area contributed by atoms with Crippen molar-refractivity contribution in [3.8, 4) is 11.3 Å². The van der Waals surface area contributed by atoms with Crippen molar-refractivity contribution >= 4 is 15.8 Å². The molecular weight excluding hydrogens is 456 g/mol. The van der Waals surface area contributed by atoms with E-state index >= 15 is 0 Å². The lowest BCUT2D eigenvalue weighted by Crippen LogP contribution is -2.40. The Morgan fingerprint density at radius 2 is 1.97 bits per heavy atom. The fourth-order valence-electron chi connectivity index (χ4n) is 3.69. The average Bonchev–Trinajstić information content (AvgIpc) is 2.89. The first-order chi connectivity index (χ1) is 16.5. The van der Waals surface area contributed by atoms with E-state index in [1.165, 1.54) is 10.5 Å². The first-order valence-corrected chi connectivity index (χ1v) is 12.4. The molecule has 1 saturated heterocycles. The zero-order valence-electron chi connectivity index (χ0n) is 18.9. The number of hydrogen-bond donors (Lipinski definition) is 0. The summed E-state index contributed by atoms with van der Waals surface area (Å²) >= 11 is 0. The molecule has 0 aliphatic carbocycles. The third-order valence-electron chi connectivity index (χ3n) is 5.49. The lowest BCUT2D eigenvalue weighted by molar-refractivity contribution is 0.0730. The molecule has 2 aromatic heterocycles. The van der Waals surface area contributed by atoms with Gasteiger partial charge in [-0.2, -0.15) is 4.31 Å². The summed E-state index contributed by atoms with van der Waals surface area (Å²) in [5.74, 6) is -0.285. The number of sulfonamides is 1. The van der Waals surface area contributed by atoms with Gasteiger partial charge in [-0.3, -0.25) is 14.8 Å². The normalized spacial score (nSPS) is 14.7. The van der Waals surface area contributed by atoms with Crippen molar-refractivity contribution in [2.45, 2.75) is 17.7 Å². The first kappa shape index (κ1) is 24.1. The quantitative estimate of drug-likeness (QED) is 0.338. The lowest BCUT2D eigenvalue weighted by Gasteiger charge is -2.26. The molecule has 0 atom stereocenters. The summed E-state index contributed by atoms with van der Waals surface area (Å²) in [6.07, 6.45) is 5.87. The molecule has 0 spiro atoms. The summed E-state index contributed by atoms with van der Waals surface area (Å²) < 4.78 is 38.0. The van der Waals surface area contributed by atoms with Crippen molar-refractivity contribution in [2.75, 3.05) is 40.0 Å². The molecule has 34 heavy (non-hydrogen) atoms. The van der Waals surface area contributed by atoms with Gasteiger partial charge in [-0.05, 0) is 37.1 Å². The van der Waals surface area contributed by atoms with E-state index in [0.29, 0.717) is 68.3 Å². The molecule has 1 fully saturated rings. The Balaban J connectivity index is 1.70. The maximum atomic E-state index is 13.2. The van der Waals surface area contributed by atoms with E-state index in [1.54, 1.807) is 55.9 Å². The third kappa shape index (κ3) is 5.36. The zero-order valence-corrected chi connectivity index (χ0v) is 19.7. The second kappa shape index (κ2) is 10.9. The van der Waals surface area contributed by atoms with Crippen LogP contribution >= 0.6 is 0 Å². The van der Waals surface area contributed by atoms with Crippen molar-refractivity contribution < 1.29 is 22.7 Å². The van der Waals surface area contributed by atoms with Gasteiger partial charge in [-0.25, -0.2) is 13.4 Å². The molecule has 0 bridgehead atoms. The predicted molar refractivity (Wildman–Crippen MR) is 125 cm³/mol. The van der Waals surface area contributed by atoms with Gasteiger partial charge in [-0.15, -0.1) is 0 Å². The van der Waals surface area contributed by atoms with Crippen LogP contribution in [0.25, 0.3) is 11.3 Å². The Morgan fingerprint density at radius 3 is 2.71 bits per heavy atom. The van der Waals surface area contributed by atoms with E-state index in [0.717, 1.165) is 0 Å². The molecule has 4 rings (SSSR count). The highest BCUT2D eigenvalue weighted by atomic mass is 32.2. The van der Waals surface area contributed by atoms with Gasteiger partial charge in [0.2, 0.25) is 15.8 Å². The molecule has 1 aliphatic rings. The number of pyridine rings is 1. The van der Waals surface area contributed by atoms with E-state index in [1.807, 2.05) is 0 Å². The van der Waals surface area contributed by atoms with Crippen LogP contribution in [0.2, 0.25) is 0 Å². The highest BCUT2D eigenvalue weighted by Gasteiger charge is 2.27. The maximum absolute atomic E-state index is 13.2. The fourth-order valence-corrected chi connectivity index (χ4v) is 5.14. The molecule has 1 aliphatic heterocycles. The molecule has 10 heteroatoms. The standard InChI is InChI=1S/C24H26N4O5S/c1-32-12-4-8-21-23(24(29)19-6-3-9-25-16-19)27-22(17-26-21)18-5-2-7-20(15-18)34(30,31)28-10-13-33-14-11-28/h2-3,5-7,9,15-17H,4,8,10-14H2,1H3. The summed E-state index contributed by atoms with van der Waals surface area (Å²) in [6, 6.07) is 9.91. The Morgan fingerprint density at radius 1 is 1.15 bits per heavy atom. The van der Waals surface area contributed by atoms with Crippen LogP contribution in [0.3, 0.4) is 0 Å². The second-order valence-electron chi connectivity index (χ2n) is 7.76. The number of rotatable bonds is 9. The van der Waals surface area contributed by atoms with Gasteiger partial charge in [0.1, 0.15) is 5.69 Å². The number of carbonyl (C=O) groups excluding carboxylic acids is 1. The van der Waals surface area contributed by atoms with E-state index in [9.17, 15) is 13.2 Å². The Labute approximate surface area is 198 Å². The predicted octanol–water partition coefficient (Wildman–Crippen LogP) is 2.37. The van der Waals surface area contributed by atoms with Gasteiger partial charge in [0.05, 0.1) is 35.7 Å². The number of aryl methyl sites for hydroxylation is 1. The molecule has 3 heterocycles. The number of nitrogens with zero attached hydrogens (tertiary/aromatic N) is 4. The molecule has 9 nitrogen and oxygen atoms in total. The number of ketones is 1. The van der Waals surface area contributed by atoms with E-state index in [-0.39, 0.29) is 16.4 Å². The minimum Gasteiger partial charge on any atom is -0.385 e. The van der Waals surface area contributed by atoms with Crippen LogP contribution in [0.15, 0.2) is 59.9 Å². The highest BCUT2D eigenvalue weighted by Crippen LogP contribution is 2.25. The number of carbonyl (C=O) groups is 1. The molecule has 0 unspecified atom stereocenters. The zero-order chi connectivity index (χ0) is 24.0. The van der Waals surface area contributed by atoms with Crippen LogP contribution in [0, 0.1) is 0 Å². The minimum atomic E-state index is -3.67. The minimum absolute atomic E-state index is 0.165. The lowest BCUT2D eigenvalue weighted by atomic mass is 10.0. The number of hydrogen-bond acceptors (Lipinski definition) is 8. The topological polar surface area (TPSA) is 112 Å². The third-order valence-corrected chi connectivity index (χ3v) is 7.38. The Bertz CT molecular complexity index is 1250. The van der Waals surface area contributed by atoms with Crippen LogP contribution in [-0.2, 0) is 25.9 Å². The van der Waals surface area contributed by atoms with Gasteiger partial charge >= 0.3 is 0 Å². The molecule has 0 amide bonds. The first-order valence-electron chi connectivity index (χ1n) is 11.0. The number of ether oxygens (including phenoxy) is 2. The summed E-state index contributed by atoms with van der Waals surface area (Å²) in [6.45, 7) is 1.90. The van der Waals surface area contributed by atoms with E-state index in [4.69, 9.17) is 9.47 Å². The monoisotopic (exact) mass is 482 g/mol. The van der Waals surface area contributed by atoms with Crippen LogP contribution in [0.4, 0.5) is 0 Å². The highest BCUT2D eigenvalue weighted by molar-refractivity contribution is 7.89. The molecule has 3 aromatic rings. The van der Waals surface area contributed by atoms with E-state index < -0.39 is 10.0 Å². The molecule has 0 saturated carbocycles. The van der Waals surface area contributed by atoms with Crippen LogP contribution in [-0.4, -0.2) is 73.5 Å². The van der Waals surface area contributed by atoms with Crippen molar-refractivity contribution in [2.24, 2.45) is 0 Å². The van der Waals surface area contributed by atoms with Crippen molar-refractivity contribution in [1.82, 2.24) is 19.3 Å². The van der Waals surface area contributed by atoms with Gasteiger partial charge in [0, 0.05) is 50.3 Å². The molecule has 0 N–H and O–H groups in total. The number of morpholine rings is 1. The van der Waals surface area contributed by atoms with Crippen LogP contribution < -0.4 is 0 Å². The molecule has 1 aromatic carbocycles. The second-order valence-corrected chi connectivity index (χ2v) is 9.70. The number of aromatic nitrogens is 3. The van der Waals surface area contributed by atoms with Crippen molar-refractivity contribution in [3.63, 3.8) is 0 Å². The molecule has 0 radical (unpaired) electrons. The smallest absolute Gasteiger partial charge is 0.243 e. The van der Waals surface area contributed by atoms with Crippen molar-refractivity contribution in [3.05, 3.63) is 71.9 Å². The number of methoxy groups -OCH3 is 1. The van der Waals surface area contributed by atoms with Crippen LogP contribution in [0.1, 0.15) is 28.2 Å². The average molecular weight is 483 g/mol. The van der Waals surface area contributed by atoms with Gasteiger partial charge in [0.15, 0.2) is 0 Å². The van der Waals surface area contributed by atoms with Gasteiger partial charge in [-0.1, -0.05) is 12.1 Å². The van der Waals surface area contributed by atoms with E-state index in [2.05, 4.69) is 15.0 Å². The SMILES string of the molecule is COCCCc1ncc(-c2cccc(S(=O)(=O)N3CCOCC3)c2)nc1C(=O)c1cccnc1. The summed E-state index contributed by atoms with van der Waals surface area (Å²) in [5, 5.41) is 0. The number of benzene rings is 1. The fraction of sp³-hybridized carbons (Fsp3) is 0.333. The Kier molecular flexibility index (Phi) is 7.73. The summed E-state index contributed by atoms with van der Waals surface area (Å²) in [5.41, 5.74) is 2.17. The van der Waals surface area contributed by atoms with Gasteiger partial charge < -0.3 is 9.47 Å². The van der Waals surface area contributed by atoms with Gasteiger partial charge in [0.25, 0.3) is 0 Å². The Hall–Kier alpha value is -3.05. The molecular formula is C24H26N4O5S. The maximum Gasteiger partial charge on any atom is 0.243 e. The molecule has 178 valence electrons. The van der Waals surface area contributed by atoms with Crippen LogP contribution in [0.5, 0.6) is 0 Å².